The van der Waals surface area contributed by atoms with Crippen molar-refractivity contribution in [3.63, 3.8) is 0 Å². The first kappa shape index (κ1) is 14.8. The molecule has 2 rings (SSSR count). The highest BCUT2D eigenvalue weighted by Crippen LogP contribution is 2.33. The number of nitrogens with one attached hydrogen (secondary N) is 1. The Morgan fingerprint density at radius 1 is 1.35 bits per heavy atom. The minimum absolute atomic E-state index is 0.336. The van der Waals surface area contributed by atoms with Gasteiger partial charge < -0.3 is 10.1 Å². The molecule has 0 radical (unpaired) electrons. The van der Waals surface area contributed by atoms with Crippen LogP contribution in [0.25, 0.3) is 0 Å². The van der Waals surface area contributed by atoms with Crippen LogP contribution in [0.15, 0.2) is 36.7 Å². The van der Waals surface area contributed by atoms with Crippen LogP contribution >= 0.6 is 11.6 Å². The van der Waals surface area contributed by atoms with Gasteiger partial charge in [0.15, 0.2) is 0 Å². The minimum Gasteiger partial charge on any atom is -0.496 e. The lowest BCUT2D eigenvalue weighted by atomic mass is 9.98. The lowest BCUT2D eigenvalue weighted by Gasteiger charge is -2.21. The molecule has 0 saturated carbocycles. The summed E-state index contributed by atoms with van der Waals surface area (Å²) in [6.07, 6.45) is 2.77. The molecular weight excluding hydrogens is 279 g/mol. The van der Waals surface area contributed by atoms with E-state index in [1.165, 1.54) is 6.20 Å². The summed E-state index contributed by atoms with van der Waals surface area (Å²) in [5.74, 6) is 0.303. The van der Waals surface area contributed by atoms with E-state index < -0.39 is 0 Å². The van der Waals surface area contributed by atoms with E-state index in [0.29, 0.717) is 22.9 Å². The smallest absolute Gasteiger partial charge is 0.146 e. The van der Waals surface area contributed by atoms with E-state index in [9.17, 15) is 4.39 Å². The molecule has 0 bridgehead atoms. The number of benzene rings is 1. The van der Waals surface area contributed by atoms with E-state index >= 15 is 0 Å². The van der Waals surface area contributed by atoms with Crippen molar-refractivity contribution in [1.29, 1.82) is 0 Å². The van der Waals surface area contributed by atoms with Crippen LogP contribution in [0.1, 0.15) is 24.1 Å². The molecule has 1 aromatic heterocycles. The lowest BCUT2D eigenvalue weighted by Crippen LogP contribution is -2.23. The zero-order valence-corrected chi connectivity index (χ0v) is 12.1. The van der Waals surface area contributed by atoms with Crippen LogP contribution in [0.4, 0.5) is 4.39 Å². The third-order valence-corrected chi connectivity index (χ3v) is 3.26. The van der Waals surface area contributed by atoms with Crippen LogP contribution in [0, 0.1) is 5.82 Å². The number of rotatable bonds is 5. The van der Waals surface area contributed by atoms with Gasteiger partial charge in [-0.2, -0.15) is 0 Å². The predicted octanol–water partition coefficient (Wildman–Crippen LogP) is 3.58. The maximum absolute atomic E-state index is 14.0. The molecule has 1 atom stereocenters. The molecule has 1 N–H and O–H groups in total. The van der Waals surface area contributed by atoms with Gasteiger partial charge in [0.25, 0.3) is 0 Å². The first-order valence-electron chi connectivity index (χ1n) is 6.33. The number of aromatic nitrogens is 1. The molecule has 0 aliphatic heterocycles. The summed E-state index contributed by atoms with van der Waals surface area (Å²) >= 11 is 6.06. The number of ether oxygens (including phenoxy) is 1. The number of halogens is 2. The Balaban J connectivity index is 2.54. The van der Waals surface area contributed by atoms with Crippen molar-refractivity contribution in [2.45, 2.75) is 13.0 Å². The fraction of sp³-hybridized carbons (Fsp3) is 0.267. The summed E-state index contributed by atoms with van der Waals surface area (Å²) < 4.78 is 19.4. The highest BCUT2D eigenvalue weighted by Gasteiger charge is 2.20. The van der Waals surface area contributed by atoms with Gasteiger partial charge in [-0.05, 0) is 30.8 Å². The molecule has 0 spiro atoms. The van der Waals surface area contributed by atoms with E-state index in [2.05, 4.69) is 10.3 Å². The maximum atomic E-state index is 14.0. The zero-order valence-electron chi connectivity index (χ0n) is 11.4. The molecule has 0 amide bonds. The third-order valence-electron chi connectivity index (χ3n) is 3.03. The fourth-order valence-electron chi connectivity index (χ4n) is 2.14. The second-order valence-electron chi connectivity index (χ2n) is 4.27. The van der Waals surface area contributed by atoms with Crippen molar-refractivity contribution in [3.8, 4) is 5.75 Å². The number of nitrogens with zero attached hydrogens (tertiary/aromatic N) is 1. The van der Waals surface area contributed by atoms with E-state index in [-0.39, 0.29) is 11.9 Å². The second kappa shape index (κ2) is 6.68. The fourth-order valence-corrected chi connectivity index (χ4v) is 2.32. The predicted molar refractivity (Wildman–Crippen MR) is 77.7 cm³/mol. The largest absolute Gasteiger partial charge is 0.496 e. The molecule has 5 heteroatoms. The van der Waals surface area contributed by atoms with Crippen molar-refractivity contribution < 1.29 is 9.13 Å². The van der Waals surface area contributed by atoms with Crippen LogP contribution in [0.5, 0.6) is 5.75 Å². The van der Waals surface area contributed by atoms with Gasteiger partial charge in [0.2, 0.25) is 0 Å². The topological polar surface area (TPSA) is 34.2 Å². The van der Waals surface area contributed by atoms with E-state index in [0.717, 1.165) is 5.56 Å². The lowest BCUT2D eigenvalue weighted by molar-refractivity contribution is 0.403. The van der Waals surface area contributed by atoms with Gasteiger partial charge in [-0.25, -0.2) is 4.39 Å². The van der Waals surface area contributed by atoms with Gasteiger partial charge >= 0.3 is 0 Å². The Kier molecular flexibility index (Phi) is 4.93. The Morgan fingerprint density at radius 2 is 2.15 bits per heavy atom. The third kappa shape index (κ3) is 3.08. The molecular formula is C15H16ClFN2O. The molecule has 2 aromatic rings. The summed E-state index contributed by atoms with van der Waals surface area (Å²) in [7, 11) is 1.58. The number of pyridine rings is 1. The van der Waals surface area contributed by atoms with Gasteiger partial charge in [-0.1, -0.05) is 18.5 Å². The highest BCUT2D eigenvalue weighted by molar-refractivity contribution is 6.30. The maximum Gasteiger partial charge on any atom is 0.146 e. The Hall–Kier alpha value is -1.65. The van der Waals surface area contributed by atoms with Crippen molar-refractivity contribution in [1.82, 2.24) is 10.3 Å². The number of hydrogen-bond donors (Lipinski definition) is 1. The molecule has 0 aliphatic carbocycles. The molecule has 0 aliphatic rings. The molecule has 1 heterocycles. The Morgan fingerprint density at radius 3 is 2.80 bits per heavy atom. The summed E-state index contributed by atoms with van der Waals surface area (Å²) in [6, 6.07) is 6.63. The average Bonchev–Trinajstić information content (AvgIpc) is 2.46. The van der Waals surface area contributed by atoms with Crippen molar-refractivity contribution in [3.05, 3.63) is 58.6 Å². The summed E-state index contributed by atoms with van der Waals surface area (Å²) in [5, 5.41) is 3.83. The Labute approximate surface area is 122 Å². The summed E-state index contributed by atoms with van der Waals surface area (Å²) in [5.41, 5.74) is 1.31. The molecule has 106 valence electrons. The molecule has 1 aromatic carbocycles. The molecule has 3 nitrogen and oxygen atoms in total. The van der Waals surface area contributed by atoms with Crippen molar-refractivity contribution in [2.24, 2.45) is 0 Å². The highest BCUT2D eigenvalue weighted by atomic mass is 35.5. The number of methoxy groups -OCH3 is 1. The first-order valence-corrected chi connectivity index (χ1v) is 6.71. The second-order valence-corrected chi connectivity index (χ2v) is 4.71. The summed E-state index contributed by atoms with van der Waals surface area (Å²) in [6.45, 7) is 2.64. The van der Waals surface area contributed by atoms with E-state index in [1.54, 1.807) is 37.6 Å². The van der Waals surface area contributed by atoms with Crippen molar-refractivity contribution in [2.75, 3.05) is 13.7 Å². The van der Waals surface area contributed by atoms with Crippen LogP contribution in [-0.4, -0.2) is 18.6 Å². The molecule has 1 unspecified atom stereocenters. The van der Waals surface area contributed by atoms with Crippen LogP contribution in [-0.2, 0) is 0 Å². The van der Waals surface area contributed by atoms with Gasteiger partial charge in [0.1, 0.15) is 11.6 Å². The zero-order chi connectivity index (χ0) is 14.5. The minimum atomic E-state index is -0.361. The van der Waals surface area contributed by atoms with Crippen LogP contribution in [0.3, 0.4) is 0 Å². The van der Waals surface area contributed by atoms with Gasteiger partial charge in [0, 0.05) is 22.3 Å². The molecule has 0 fully saturated rings. The Bertz CT molecular complexity index is 592. The van der Waals surface area contributed by atoms with Gasteiger partial charge in [0.05, 0.1) is 19.3 Å². The monoisotopic (exact) mass is 294 g/mol. The van der Waals surface area contributed by atoms with Crippen LogP contribution in [0.2, 0.25) is 5.02 Å². The number of hydrogen-bond acceptors (Lipinski definition) is 3. The normalized spacial score (nSPS) is 12.2. The first-order chi connectivity index (χ1) is 9.67. The quantitative estimate of drug-likeness (QED) is 0.915. The molecule has 0 saturated heterocycles. The molecule has 20 heavy (non-hydrogen) atoms. The van der Waals surface area contributed by atoms with Crippen LogP contribution < -0.4 is 10.1 Å². The average molecular weight is 295 g/mol. The van der Waals surface area contributed by atoms with E-state index in [4.69, 9.17) is 16.3 Å². The van der Waals surface area contributed by atoms with Crippen molar-refractivity contribution >= 4 is 11.6 Å². The van der Waals surface area contributed by atoms with Gasteiger partial charge in [-0.3, -0.25) is 4.98 Å². The SMILES string of the molecule is CCNC(c1ccncc1F)c1cc(Cl)ccc1OC. The van der Waals surface area contributed by atoms with Gasteiger partial charge in [-0.15, -0.1) is 0 Å². The van der Waals surface area contributed by atoms with E-state index in [1.807, 2.05) is 6.92 Å². The standard InChI is InChI=1S/C15H16ClFN2O/c1-3-19-15(11-6-7-18-9-13(11)17)12-8-10(16)4-5-14(12)20-2/h4-9,15,19H,3H2,1-2H3. The summed E-state index contributed by atoms with van der Waals surface area (Å²) in [4.78, 5) is 3.78.